The Morgan fingerprint density at radius 1 is 1.07 bits per heavy atom. The number of amides is 2. The Labute approximate surface area is 154 Å². The van der Waals surface area contributed by atoms with Crippen molar-refractivity contribution in [2.24, 2.45) is 0 Å². The molecule has 0 spiro atoms. The molecule has 0 atom stereocenters. The summed E-state index contributed by atoms with van der Waals surface area (Å²) in [5.41, 5.74) is 0.661. The van der Waals surface area contributed by atoms with Gasteiger partial charge in [0, 0.05) is 26.0 Å². The molecule has 0 aliphatic carbocycles. The summed E-state index contributed by atoms with van der Waals surface area (Å²) in [5, 5.41) is 6.68. The second-order valence-electron chi connectivity index (χ2n) is 5.97. The van der Waals surface area contributed by atoms with Crippen molar-refractivity contribution in [1.82, 2.24) is 14.7 Å². The lowest BCUT2D eigenvalue weighted by Crippen LogP contribution is -2.23. The average molecular weight is 370 g/mol. The molecule has 1 N–H and O–H groups in total. The van der Waals surface area contributed by atoms with Gasteiger partial charge in [-0.15, -0.1) is 0 Å². The average Bonchev–Trinajstić information content (AvgIpc) is 3.13. The summed E-state index contributed by atoms with van der Waals surface area (Å²) in [6.45, 7) is 0. The summed E-state index contributed by atoms with van der Waals surface area (Å²) in [5.74, 6) is -2.15. The molecule has 6 nitrogen and oxygen atoms in total. The zero-order valence-electron chi connectivity index (χ0n) is 14.6. The largest absolute Gasteiger partial charge is 0.345 e. The lowest BCUT2D eigenvalue weighted by Gasteiger charge is -2.12. The van der Waals surface area contributed by atoms with E-state index in [2.05, 4.69) is 10.4 Å². The van der Waals surface area contributed by atoms with E-state index in [4.69, 9.17) is 0 Å². The maximum atomic E-state index is 13.9. The van der Waals surface area contributed by atoms with Crippen molar-refractivity contribution in [3.05, 3.63) is 77.6 Å². The fraction of sp³-hybridized carbons (Fsp3) is 0.105. The first kappa shape index (κ1) is 18.2. The van der Waals surface area contributed by atoms with Crippen molar-refractivity contribution in [2.45, 2.75) is 0 Å². The molecule has 27 heavy (non-hydrogen) atoms. The van der Waals surface area contributed by atoms with Crippen LogP contribution in [0.4, 0.5) is 14.5 Å². The van der Waals surface area contributed by atoms with Crippen LogP contribution in [0.2, 0.25) is 0 Å². The summed E-state index contributed by atoms with van der Waals surface area (Å²) in [7, 11) is 3.01. The number of hydrogen-bond donors (Lipinski definition) is 1. The van der Waals surface area contributed by atoms with Gasteiger partial charge in [-0.1, -0.05) is 6.07 Å². The topological polar surface area (TPSA) is 67.2 Å². The van der Waals surface area contributed by atoms with Crippen LogP contribution >= 0.6 is 0 Å². The van der Waals surface area contributed by atoms with E-state index in [-0.39, 0.29) is 16.9 Å². The Balaban J connectivity index is 1.80. The van der Waals surface area contributed by atoms with Crippen LogP contribution in [0, 0.1) is 11.6 Å². The van der Waals surface area contributed by atoms with Gasteiger partial charge in [0.1, 0.15) is 11.6 Å². The third-order valence-electron chi connectivity index (χ3n) is 3.76. The van der Waals surface area contributed by atoms with Gasteiger partial charge in [0.15, 0.2) is 5.69 Å². The van der Waals surface area contributed by atoms with Gasteiger partial charge in [-0.25, -0.2) is 13.5 Å². The monoisotopic (exact) mass is 370 g/mol. The van der Waals surface area contributed by atoms with Crippen molar-refractivity contribution in [3.63, 3.8) is 0 Å². The molecule has 0 fully saturated rings. The van der Waals surface area contributed by atoms with Crippen molar-refractivity contribution in [2.75, 3.05) is 19.4 Å². The standard InChI is InChI=1S/C19H16F2N4O2/c1-24(2)19(27)15-11-13(6-7-16(15)21)22-18(26)17-8-9-25(23-17)14-5-3-4-12(20)10-14/h3-11H,1-2H3,(H,22,26). The Kier molecular flexibility index (Phi) is 4.98. The van der Waals surface area contributed by atoms with Gasteiger partial charge < -0.3 is 10.2 Å². The van der Waals surface area contributed by atoms with Crippen LogP contribution in [0.1, 0.15) is 20.8 Å². The Morgan fingerprint density at radius 3 is 2.56 bits per heavy atom. The van der Waals surface area contributed by atoms with Gasteiger partial charge in [-0.2, -0.15) is 5.10 Å². The molecule has 3 aromatic rings. The summed E-state index contributed by atoms with van der Waals surface area (Å²) in [6.07, 6.45) is 1.52. The molecule has 0 aliphatic rings. The fourth-order valence-corrected chi connectivity index (χ4v) is 2.41. The number of nitrogens with one attached hydrogen (secondary N) is 1. The minimum absolute atomic E-state index is 0.0871. The molecule has 0 saturated carbocycles. The third-order valence-corrected chi connectivity index (χ3v) is 3.76. The van der Waals surface area contributed by atoms with Gasteiger partial charge in [0.05, 0.1) is 11.3 Å². The summed E-state index contributed by atoms with van der Waals surface area (Å²) in [6, 6.07) is 11.0. The summed E-state index contributed by atoms with van der Waals surface area (Å²) >= 11 is 0. The first-order valence-corrected chi connectivity index (χ1v) is 7.99. The van der Waals surface area contributed by atoms with E-state index in [1.54, 1.807) is 6.07 Å². The minimum Gasteiger partial charge on any atom is -0.345 e. The highest BCUT2D eigenvalue weighted by molar-refractivity contribution is 6.03. The molecule has 0 radical (unpaired) electrons. The highest BCUT2D eigenvalue weighted by Gasteiger charge is 2.16. The molecular weight excluding hydrogens is 354 g/mol. The Morgan fingerprint density at radius 2 is 1.85 bits per heavy atom. The molecule has 1 heterocycles. The van der Waals surface area contributed by atoms with Crippen molar-refractivity contribution >= 4 is 17.5 Å². The number of benzene rings is 2. The van der Waals surface area contributed by atoms with E-state index in [9.17, 15) is 18.4 Å². The molecule has 138 valence electrons. The predicted molar refractivity (Wildman–Crippen MR) is 95.9 cm³/mol. The molecule has 1 aromatic heterocycles. The molecule has 2 aromatic carbocycles. The second kappa shape index (κ2) is 7.36. The lowest BCUT2D eigenvalue weighted by atomic mass is 10.1. The number of carbonyl (C=O) groups is 2. The van der Waals surface area contributed by atoms with E-state index >= 15 is 0 Å². The van der Waals surface area contributed by atoms with Gasteiger partial charge >= 0.3 is 0 Å². The number of nitrogens with zero attached hydrogens (tertiary/aromatic N) is 3. The number of carbonyl (C=O) groups excluding carboxylic acids is 2. The number of hydrogen-bond acceptors (Lipinski definition) is 3. The first-order chi connectivity index (χ1) is 12.8. The molecule has 0 aliphatic heterocycles. The number of aromatic nitrogens is 2. The number of rotatable bonds is 4. The van der Waals surface area contributed by atoms with E-state index in [1.165, 1.54) is 66.3 Å². The van der Waals surface area contributed by atoms with Gasteiger partial charge in [-0.05, 0) is 42.5 Å². The molecule has 0 saturated heterocycles. The van der Waals surface area contributed by atoms with Crippen molar-refractivity contribution in [1.29, 1.82) is 0 Å². The third kappa shape index (κ3) is 4.00. The van der Waals surface area contributed by atoms with Crippen molar-refractivity contribution < 1.29 is 18.4 Å². The van der Waals surface area contributed by atoms with E-state index in [0.717, 1.165) is 6.07 Å². The molecule has 0 bridgehead atoms. The lowest BCUT2D eigenvalue weighted by molar-refractivity contribution is 0.0822. The Bertz CT molecular complexity index is 1010. The minimum atomic E-state index is -0.679. The SMILES string of the molecule is CN(C)C(=O)c1cc(NC(=O)c2ccn(-c3cccc(F)c3)n2)ccc1F. The van der Waals surface area contributed by atoms with Crippen LogP contribution in [0.3, 0.4) is 0 Å². The van der Waals surface area contributed by atoms with Crippen LogP contribution in [-0.4, -0.2) is 40.6 Å². The van der Waals surface area contributed by atoms with E-state index in [0.29, 0.717) is 5.69 Å². The van der Waals surface area contributed by atoms with Crippen LogP contribution in [-0.2, 0) is 0 Å². The maximum absolute atomic E-state index is 13.9. The predicted octanol–water partition coefficient (Wildman–Crippen LogP) is 3.10. The number of halogens is 2. The second-order valence-corrected chi connectivity index (χ2v) is 5.97. The highest BCUT2D eigenvalue weighted by atomic mass is 19.1. The van der Waals surface area contributed by atoms with Gasteiger partial charge in [0.25, 0.3) is 11.8 Å². The Hall–Kier alpha value is -3.55. The molecule has 2 amide bonds. The van der Waals surface area contributed by atoms with E-state index in [1.807, 2.05) is 0 Å². The van der Waals surface area contributed by atoms with Crippen LogP contribution < -0.4 is 5.32 Å². The summed E-state index contributed by atoms with van der Waals surface area (Å²) < 4.78 is 28.5. The highest BCUT2D eigenvalue weighted by Crippen LogP contribution is 2.17. The van der Waals surface area contributed by atoms with Crippen LogP contribution in [0.5, 0.6) is 0 Å². The van der Waals surface area contributed by atoms with Gasteiger partial charge in [-0.3, -0.25) is 9.59 Å². The van der Waals surface area contributed by atoms with Crippen molar-refractivity contribution in [3.8, 4) is 5.69 Å². The molecule has 8 heteroatoms. The van der Waals surface area contributed by atoms with E-state index < -0.39 is 23.4 Å². The first-order valence-electron chi connectivity index (χ1n) is 7.99. The van der Waals surface area contributed by atoms with Crippen LogP contribution in [0.15, 0.2) is 54.7 Å². The maximum Gasteiger partial charge on any atom is 0.276 e. The molecule has 0 unspecified atom stereocenters. The summed E-state index contributed by atoms with van der Waals surface area (Å²) in [4.78, 5) is 25.6. The molecular formula is C19H16F2N4O2. The number of anilines is 1. The van der Waals surface area contributed by atoms with Gasteiger partial charge in [0.2, 0.25) is 0 Å². The zero-order valence-corrected chi connectivity index (χ0v) is 14.6. The molecule has 3 rings (SSSR count). The normalized spacial score (nSPS) is 10.5. The smallest absolute Gasteiger partial charge is 0.276 e. The van der Waals surface area contributed by atoms with Crippen LogP contribution in [0.25, 0.3) is 5.69 Å². The quantitative estimate of drug-likeness (QED) is 0.767. The zero-order chi connectivity index (χ0) is 19.6. The fourth-order valence-electron chi connectivity index (χ4n) is 2.41.